The van der Waals surface area contributed by atoms with Crippen molar-refractivity contribution in [3.63, 3.8) is 0 Å². The van der Waals surface area contributed by atoms with Gasteiger partial charge >= 0.3 is 5.69 Å². The molecule has 1 aromatic rings. The Morgan fingerprint density at radius 1 is 1.61 bits per heavy atom. The Labute approximate surface area is 131 Å². The topological polar surface area (TPSA) is 154 Å². The van der Waals surface area contributed by atoms with Crippen LogP contribution in [0.3, 0.4) is 0 Å². The molecule has 0 spiro atoms. The number of anilines is 1. The molecular formula is C12H17N3O7S. The van der Waals surface area contributed by atoms with E-state index in [-0.39, 0.29) is 5.82 Å². The second kappa shape index (κ2) is 6.37. The predicted molar refractivity (Wildman–Crippen MR) is 79.7 cm³/mol. The lowest BCUT2D eigenvalue weighted by Crippen LogP contribution is -2.39. The Bertz CT molecular complexity index is 760. The summed E-state index contributed by atoms with van der Waals surface area (Å²) in [6.45, 7) is 2.91. The molecule has 0 saturated carbocycles. The van der Waals surface area contributed by atoms with E-state index in [9.17, 15) is 23.4 Å². The van der Waals surface area contributed by atoms with Gasteiger partial charge in [0.25, 0.3) is 10.1 Å². The maximum Gasteiger partial charge on any atom is 0.351 e. The Morgan fingerprint density at radius 3 is 2.78 bits per heavy atom. The summed E-state index contributed by atoms with van der Waals surface area (Å²) in [5, 5.41) is 19.5. The zero-order valence-electron chi connectivity index (χ0n) is 12.2. The zero-order valence-corrected chi connectivity index (χ0v) is 13.0. The van der Waals surface area contributed by atoms with Crippen LogP contribution in [-0.2, 0) is 19.0 Å². The van der Waals surface area contributed by atoms with Crippen LogP contribution in [0.25, 0.3) is 6.08 Å². The minimum absolute atomic E-state index is 0.0450. The number of rotatable bonds is 5. The van der Waals surface area contributed by atoms with E-state index in [1.54, 1.807) is 0 Å². The third-order valence-corrected chi connectivity index (χ3v) is 3.85. The highest BCUT2D eigenvalue weighted by atomic mass is 32.2. The normalized spacial score (nSPS) is 28.0. The van der Waals surface area contributed by atoms with Gasteiger partial charge in [0.15, 0.2) is 6.23 Å². The van der Waals surface area contributed by atoms with Gasteiger partial charge in [-0.25, -0.2) is 4.79 Å². The third-order valence-electron chi connectivity index (χ3n) is 3.28. The van der Waals surface area contributed by atoms with Crippen LogP contribution < -0.4 is 11.4 Å². The van der Waals surface area contributed by atoms with E-state index >= 15 is 0 Å². The number of ether oxygens (including phenoxy) is 1. The van der Waals surface area contributed by atoms with E-state index in [2.05, 4.69) is 11.6 Å². The highest BCUT2D eigenvalue weighted by Gasteiger charge is 2.47. The van der Waals surface area contributed by atoms with Crippen LogP contribution in [0.1, 0.15) is 11.8 Å². The number of hydrogen-bond acceptors (Lipinski definition) is 9. The second-order valence-corrected chi connectivity index (χ2v) is 6.58. The van der Waals surface area contributed by atoms with Crippen LogP contribution in [0.15, 0.2) is 17.6 Å². The fourth-order valence-electron chi connectivity index (χ4n) is 2.25. The molecule has 1 saturated heterocycles. The van der Waals surface area contributed by atoms with Crippen molar-refractivity contribution < 1.29 is 27.6 Å². The van der Waals surface area contributed by atoms with Gasteiger partial charge in [0.1, 0.15) is 24.1 Å². The van der Waals surface area contributed by atoms with Crippen LogP contribution in [0.5, 0.6) is 0 Å². The molecule has 0 aromatic carbocycles. The summed E-state index contributed by atoms with van der Waals surface area (Å²) >= 11 is 0. The summed E-state index contributed by atoms with van der Waals surface area (Å²) in [6.07, 6.45) is -1.90. The highest BCUT2D eigenvalue weighted by Crippen LogP contribution is 2.31. The molecule has 0 bridgehead atoms. The van der Waals surface area contributed by atoms with Gasteiger partial charge in [0.05, 0.1) is 12.9 Å². The molecule has 0 unspecified atom stereocenters. The minimum atomic E-state index is -3.91. The predicted octanol–water partition coefficient (Wildman–Crippen LogP) is -1.94. The van der Waals surface area contributed by atoms with Crippen molar-refractivity contribution in [2.75, 3.05) is 18.6 Å². The number of aliphatic hydroxyl groups excluding tert-OH is 2. The van der Waals surface area contributed by atoms with E-state index in [0.29, 0.717) is 5.56 Å². The summed E-state index contributed by atoms with van der Waals surface area (Å²) in [7, 11) is -3.91. The molecule has 2 heterocycles. The van der Waals surface area contributed by atoms with Crippen molar-refractivity contribution in [3.05, 3.63) is 28.8 Å². The molecule has 1 aromatic heterocycles. The average molecular weight is 347 g/mol. The van der Waals surface area contributed by atoms with Gasteiger partial charge in [-0.05, 0) is 0 Å². The molecule has 4 atom stereocenters. The van der Waals surface area contributed by atoms with Crippen molar-refractivity contribution in [1.82, 2.24) is 9.55 Å². The summed E-state index contributed by atoms with van der Waals surface area (Å²) < 4.78 is 33.6. The van der Waals surface area contributed by atoms with E-state index in [0.717, 1.165) is 10.8 Å². The van der Waals surface area contributed by atoms with Crippen molar-refractivity contribution in [3.8, 4) is 0 Å². The first-order valence-electron chi connectivity index (χ1n) is 6.51. The fourth-order valence-corrected chi connectivity index (χ4v) is 2.89. The molecule has 0 amide bonds. The Kier molecular flexibility index (Phi) is 4.87. The SMILES string of the molecule is C=Cc1cn([C@@H]2O[C@H](CO)[C@H](OS(C)(=O)=O)[C@H]2O)c(=O)nc1N. The first-order valence-corrected chi connectivity index (χ1v) is 8.33. The smallest absolute Gasteiger partial charge is 0.351 e. The van der Waals surface area contributed by atoms with Gasteiger partial charge in [-0.15, -0.1) is 0 Å². The number of aliphatic hydroxyl groups is 2. The molecule has 1 aliphatic rings. The fraction of sp³-hybridized carbons (Fsp3) is 0.500. The molecule has 0 radical (unpaired) electrons. The average Bonchev–Trinajstić information content (AvgIpc) is 2.74. The third kappa shape index (κ3) is 3.59. The first kappa shape index (κ1) is 17.6. The maximum atomic E-state index is 12.0. The van der Waals surface area contributed by atoms with Gasteiger partial charge in [0.2, 0.25) is 0 Å². The second-order valence-electron chi connectivity index (χ2n) is 4.98. The summed E-state index contributed by atoms with van der Waals surface area (Å²) in [6, 6.07) is 0. The molecule has 11 heteroatoms. The van der Waals surface area contributed by atoms with Crippen molar-refractivity contribution in [2.45, 2.75) is 24.5 Å². The van der Waals surface area contributed by atoms with Crippen molar-refractivity contribution in [2.24, 2.45) is 0 Å². The van der Waals surface area contributed by atoms with E-state index in [1.807, 2.05) is 0 Å². The highest BCUT2D eigenvalue weighted by molar-refractivity contribution is 7.86. The van der Waals surface area contributed by atoms with Crippen LogP contribution in [0, 0.1) is 0 Å². The number of hydrogen-bond donors (Lipinski definition) is 3. The Balaban J connectivity index is 2.42. The van der Waals surface area contributed by atoms with Gasteiger partial charge in [-0.2, -0.15) is 13.4 Å². The quantitative estimate of drug-likeness (QED) is 0.516. The lowest BCUT2D eigenvalue weighted by molar-refractivity contribution is -0.0542. The minimum Gasteiger partial charge on any atom is -0.394 e. The van der Waals surface area contributed by atoms with Crippen molar-refractivity contribution in [1.29, 1.82) is 0 Å². The standard InChI is InChI=1S/C12H17N3O7S/c1-3-6-4-15(12(18)14-10(6)13)11-8(17)9(7(5-16)21-11)22-23(2,19)20/h3-4,7-9,11,16-17H,1,5H2,2H3,(H2,13,14,18)/t7-,8-,9+,11-/m1/s1. The summed E-state index contributed by atoms with van der Waals surface area (Å²) in [5.74, 6) is -0.0450. The van der Waals surface area contributed by atoms with Crippen LogP contribution in [-0.4, -0.2) is 59.4 Å². The Morgan fingerprint density at radius 2 is 2.26 bits per heavy atom. The van der Waals surface area contributed by atoms with Gasteiger partial charge < -0.3 is 20.7 Å². The summed E-state index contributed by atoms with van der Waals surface area (Å²) in [5.41, 5.74) is 5.07. The number of nitrogens with two attached hydrogens (primary N) is 1. The monoisotopic (exact) mass is 347 g/mol. The first-order chi connectivity index (χ1) is 10.7. The molecule has 2 rings (SSSR count). The van der Waals surface area contributed by atoms with Crippen LogP contribution >= 0.6 is 0 Å². The van der Waals surface area contributed by atoms with E-state index in [1.165, 1.54) is 12.3 Å². The number of nitrogen functional groups attached to an aromatic ring is 1. The molecule has 1 fully saturated rings. The molecule has 128 valence electrons. The van der Waals surface area contributed by atoms with E-state index in [4.69, 9.17) is 14.7 Å². The van der Waals surface area contributed by atoms with Crippen LogP contribution in [0.4, 0.5) is 5.82 Å². The van der Waals surface area contributed by atoms with E-state index < -0.39 is 47.0 Å². The number of nitrogens with zero attached hydrogens (tertiary/aromatic N) is 2. The molecule has 0 aliphatic carbocycles. The largest absolute Gasteiger partial charge is 0.394 e. The molecule has 23 heavy (non-hydrogen) atoms. The zero-order chi connectivity index (χ0) is 17.4. The maximum absolute atomic E-state index is 12.0. The van der Waals surface area contributed by atoms with Crippen molar-refractivity contribution >= 4 is 22.0 Å². The Hall–Kier alpha value is -1.79. The van der Waals surface area contributed by atoms with Gasteiger partial charge in [-0.3, -0.25) is 8.75 Å². The molecular weight excluding hydrogens is 330 g/mol. The van der Waals surface area contributed by atoms with Gasteiger partial charge in [-0.1, -0.05) is 12.7 Å². The lowest BCUT2D eigenvalue weighted by Gasteiger charge is -2.19. The molecule has 4 N–H and O–H groups in total. The number of aromatic nitrogens is 2. The van der Waals surface area contributed by atoms with Crippen LogP contribution in [0.2, 0.25) is 0 Å². The summed E-state index contributed by atoms with van der Waals surface area (Å²) in [4.78, 5) is 15.5. The van der Waals surface area contributed by atoms with Gasteiger partial charge in [0, 0.05) is 11.8 Å². The molecule has 10 nitrogen and oxygen atoms in total. The lowest BCUT2D eigenvalue weighted by atomic mass is 10.1. The molecule has 1 aliphatic heterocycles.